The second kappa shape index (κ2) is 5.73. The monoisotopic (exact) mass is 312 g/mol. The Bertz CT molecular complexity index is 391. The molecule has 0 aliphatic heterocycles. The minimum Gasteiger partial charge on any atom is -0.496 e. The van der Waals surface area contributed by atoms with Crippen LogP contribution in [0.25, 0.3) is 0 Å². The van der Waals surface area contributed by atoms with Crippen molar-refractivity contribution in [1.82, 2.24) is 0 Å². The van der Waals surface area contributed by atoms with Gasteiger partial charge in [0, 0.05) is 11.1 Å². The first kappa shape index (κ1) is 14.3. The molecule has 0 spiro atoms. The van der Waals surface area contributed by atoms with E-state index in [1.54, 1.807) is 6.07 Å². The van der Waals surface area contributed by atoms with Crippen molar-refractivity contribution in [2.45, 2.75) is 19.0 Å². The molecule has 0 atom stereocenters. The zero-order valence-electron chi connectivity index (χ0n) is 9.14. The number of alkyl halides is 3. The molecule has 0 radical (unpaired) electrons. The van der Waals surface area contributed by atoms with Crippen LogP contribution in [0.15, 0.2) is 16.6 Å². The van der Waals surface area contributed by atoms with E-state index in [0.717, 1.165) is 6.07 Å². The summed E-state index contributed by atoms with van der Waals surface area (Å²) in [4.78, 5) is 0. The van der Waals surface area contributed by atoms with Gasteiger partial charge in [0.25, 0.3) is 0 Å². The van der Waals surface area contributed by atoms with Gasteiger partial charge in [-0.05, 0) is 30.5 Å². The van der Waals surface area contributed by atoms with E-state index in [9.17, 15) is 13.2 Å². The Morgan fingerprint density at radius 3 is 2.47 bits per heavy atom. The highest BCUT2D eigenvalue weighted by molar-refractivity contribution is 9.10. The van der Waals surface area contributed by atoms with Gasteiger partial charge in [0.05, 0.1) is 12.7 Å². The number of aliphatic hydroxyl groups is 1. The van der Waals surface area contributed by atoms with Crippen LogP contribution in [-0.4, -0.2) is 18.8 Å². The maximum Gasteiger partial charge on any atom is 0.420 e. The van der Waals surface area contributed by atoms with Crippen LogP contribution < -0.4 is 4.74 Å². The molecular formula is C11H12BrF3O2. The summed E-state index contributed by atoms with van der Waals surface area (Å²) in [5, 5.41) is 8.71. The van der Waals surface area contributed by atoms with Gasteiger partial charge < -0.3 is 9.84 Å². The summed E-state index contributed by atoms with van der Waals surface area (Å²) in [6.07, 6.45) is -3.73. The van der Waals surface area contributed by atoms with E-state index in [0.29, 0.717) is 22.9 Å². The summed E-state index contributed by atoms with van der Waals surface area (Å²) in [7, 11) is 1.21. The standard InChI is InChI=1S/C11H12BrF3O2/c1-17-10-7(3-2-4-16)5-8(12)6-9(10)11(13,14)15/h5-6,16H,2-4H2,1H3. The number of halogens is 4. The molecule has 1 rings (SSSR count). The molecule has 17 heavy (non-hydrogen) atoms. The Hall–Kier alpha value is -0.750. The molecule has 0 amide bonds. The third kappa shape index (κ3) is 3.61. The number of hydrogen-bond acceptors (Lipinski definition) is 2. The predicted octanol–water partition coefficient (Wildman–Crippen LogP) is 3.40. The van der Waals surface area contributed by atoms with Crippen LogP contribution in [0.5, 0.6) is 5.75 Å². The lowest BCUT2D eigenvalue weighted by atomic mass is 10.0. The number of aliphatic hydroxyl groups excluding tert-OH is 1. The second-order valence-electron chi connectivity index (χ2n) is 3.47. The number of rotatable bonds is 4. The summed E-state index contributed by atoms with van der Waals surface area (Å²) in [6.45, 7) is -0.0724. The number of hydrogen-bond donors (Lipinski definition) is 1. The first-order valence-electron chi connectivity index (χ1n) is 4.94. The van der Waals surface area contributed by atoms with Gasteiger partial charge in [0.15, 0.2) is 0 Å². The fourth-order valence-corrected chi connectivity index (χ4v) is 2.06. The van der Waals surface area contributed by atoms with Crippen LogP contribution in [0.3, 0.4) is 0 Å². The van der Waals surface area contributed by atoms with Gasteiger partial charge in [0.1, 0.15) is 5.75 Å². The van der Waals surface area contributed by atoms with Crippen molar-refractivity contribution < 1.29 is 23.0 Å². The summed E-state index contributed by atoms with van der Waals surface area (Å²) in [5.74, 6) is -0.172. The van der Waals surface area contributed by atoms with Gasteiger partial charge in [0.2, 0.25) is 0 Å². The van der Waals surface area contributed by atoms with E-state index in [1.165, 1.54) is 7.11 Å². The lowest BCUT2D eigenvalue weighted by Crippen LogP contribution is -2.09. The SMILES string of the molecule is COc1c(CCCO)cc(Br)cc1C(F)(F)F. The third-order valence-corrected chi connectivity index (χ3v) is 2.70. The molecule has 0 aliphatic carbocycles. The van der Waals surface area contributed by atoms with E-state index in [2.05, 4.69) is 15.9 Å². The van der Waals surface area contributed by atoms with Crippen LogP contribution in [-0.2, 0) is 12.6 Å². The summed E-state index contributed by atoms with van der Waals surface area (Å²) in [6, 6.07) is 2.56. The molecule has 1 N–H and O–H groups in total. The van der Waals surface area contributed by atoms with Crippen LogP contribution in [0, 0.1) is 0 Å². The molecule has 0 saturated carbocycles. The highest BCUT2D eigenvalue weighted by atomic mass is 79.9. The Morgan fingerprint density at radius 2 is 2.00 bits per heavy atom. The highest BCUT2D eigenvalue weighted by Crippen LogP contribution is 2.40. The Kier molecular flexibility index (Phi) is 4.82. The van der Waals surface area contributed by atoms with Crippen LogP contribution in [0.1, 0.15) is 17.5 Å². The van der Waals surface area contributed by atoms with E-state index >= 15 is 0 Å². The van der Waals surface area contributed by atoms with Gasteiger partial charge in [-0.15, -0.1) is 0 Å². The average molecular weight is 313 g/mol. The molecule has 0 unspecified atom stereocenters. The van der Waals surface area contributed by atoms with E-state index in [4.69, 9.17) is 9.84 Å². The third-order valence-electron chi connectivity index (χ3n) is 2.24. The van der Waals surface area contributed by atoms with Crippen molar-refractivity contribution in [1.29, 1.82) is 0 Å². The van der Waals surface area contributed by atoms with Crippen molar-refractivity contribution in [3.63, 3.8) is 0 Å². The maximum atomic E-state index is 12.8. The molecule has 0 aliphatic rings. The molecule has 6 heteroatoms. The molecule has 1 aromatic carbocycles. The zero-order valence-corrected chi connectivity index (χ0v) is 10.7. The minimum atomic E-state index is -4.46. The molecule has 0 bridgehead atoms. The lowest BCUT2D eigenvalue weighted by Gasteiger charge is -2.16. The first-order chi connectivity index (χ1) is 7.90. The molecule has 2 nitrogen and oxygen atoms in total. The van der Waals surface area contributed by atoms with Crippen molar-refractivity contribution in [3.8, 4) is 5.75 Å². The van der Waals surface area contributed by atoms with Gasteiger partial charge in [-0.3, -0.25) is 0 Å². The van der Waals surface area contributed by atoms with Crippen LogP contribution in [0.4, 0.5) is 13.2 Å². The van der Waals surface area contributed by atoms with Gasteiger partial charge in [-0.1, -0.05) is 15.9 Å². The van der Waals surface area contributed by atoms with Crippen LogP contribution in [0.2, 0.25) is 0 Å². The number of benzene rings is 1. The normalized spacial score (nSPS) is 11.6. The molecule has 0 fully saturated rings. The number of methoxy groups -OCH3 is 1. The molecule has 96 valence electrons. The molecule has 0 saturated heterocycles. The minimum absolute atomic E-state index is 0.0724. The number of aryl methyl sites for hydroxylation is 1. The fourth-order valence-electron chi connectivity index (χ4n) is 1.56. The topological polar surface area (TPSA) is 29.5 Å². The number of ether oxygens (including phenoxy) is 1. The van der Waals surface area contributed by atoms with Crippen LogP contribution >= 0.6 is 15.9 Å². The lowest BCUT2D eigenvalue weighted by molar-refractivity contribution is -0.138. The summed E-state index contributed by atoms with van der Waals surface area (Å²) >= 11 is 3.04. The van der Waals surface area contributed by atoms with E-state index in [-0.39, 0.29) is 12.4 Å². The molecular weight excluding hydrogens is 301 g/mol. The summed E-state index contributed by atoms with van der Waals surface area (Å²) in [5.41, 5.74) is -0.370. The van der Waals surface area contributed by atoms with Gasteiger partial charge in [-0.2, -0.15) is 13.2 Å². The second-order valence-corrected chi connectivity index (χ2v) is 4.39. The van der Waals surface area contributed by atoms with Crippen molar-refractivity contribution in [2.24, 2.45) is 0 Å². The maximum absolute atomic E-state index is 12.8. The van der Waals surface area contributed by atoms with E-state index in [1.807, 2.05) is 0 Å². The van der Waals surface area contributed by atoms with Crippen molar-refractivity contribution in [3.05, 3.63) is 27.7 Å². The first-order valence-corrected chi connectivity index (χ1v) is 5.74. The van der Waals surface area contributed by atoms with Crippen molar-refractivity contribution >= 4 is 15.9 Å². The fraction of sp³-hybridized carbons (Fsp3) is 0.455. The molecule has 0 aromatic heterocycles. The van der Waals surface area contributed by atoms with Gasteiger partial charge in [-0.25, -0.2) is 0 Å². The highest BCUT2D eigenvalue weighted by Gasteiger charge is 2.35. The Labute approximate surface area is 106 Å². The molecule has 0 heterocycles. The molecule has 1 aromatic rings. The summed E-state index contributed by atoms with van der Waals surface area (Å²) < 4.78 is 43.5. The Morgan fingerprint density at radius 1 is 1.35 bits per heavy atom. The largest absolute Gasteiger partial charge is 0.496 e. The van der Waals surface area contributed by atoms with Crippen molar-refractivity contribution in [2.75, 3.05) is 13.7 Å². The Balaban J connectivity index is 3.25. The quantitative estimate of drug-likeness (QED) is 0.923. The van der Waals surface area contributed by atoms with Gasteiger partial charge >= 0.3 is 6.18 Å². The smallest absolute Gasteiger partial charge is 0.420 e. The predicted molar refractivity (Wildman–Crippen MR) is 61.1 cm³/mol. The average Bonchev–Trinajstić information content (AvgIpc) is 2.24. The van der Waals surface area contributed by atoms with E-state index < -0.39 is 11.7 Å². The zero-order chi connectivity index (χ0) is 13.1.